The van der Waals surface area contributed by atoms with Gasteiger partial charge in [-0.3, -0.25) is 10.1 Å². The van der Waals surface area contributed by atoms with Gasteiger partial charge in [-0.25, -0.2) is 4.98 Å². The summed E-state index contributed by atoms with van der Waals surface area (Å²) >= 11 is 0. The van der Waals surface area contributed by atoms with Crippen LogP contribution in [0.5, 0.6) is 0 Å². The van der Waals surface area contributed by atoms with Crippen molar-refractivity contribution in [2.24, 2.45) is 5.92 Å². The highest BCUT2D eigenvalue weighted by Crippen LogP contribution is 2.22. The molecule has 0 spiro atoms. The average molecular weight is 210 g/mol. The first-order chi connectivity index (χ1) is 7.00. The van der Waals surface area contributed by atoms with E-state index < -0.39 is 4.92 Å². The lowest BCUT2D eigenvalue weighted by atomic mass is 10.2. The summed E-state index contributed by atoms with van der Waals surface area (Å²) in [6.07, 6.45) is 0. The minimum Gasteiger partial charge on any atom is -0.384 e. The van der Waals surface area contributed by atoms with E-state index in [0.717, 1.165) is 0 Å². The molecular weight excluding hydrogens is 196 g/mol. The zero-order valence-corrected chi connectivity index (χ0v) is 8.73. The van der Waals surface area contributed by atoms with E-state index in [1.165, 1.54) is 12.1 Å². The van der Waals surface area contributed by atoms with Crippen molar-refractivity contribution in [2.75, 3.05) is 17.6 Å². The van der Waals surface area contributed by atoms with Crippen molar-refractivity contribution < 1.29 is 4.92 Å². The smallest absolute Gasteiger partial charge is 0.311 e. The largest absolute Gasteiger partial charge is 0.384 e. The topological polar surface area (TPSA) is 94.1 Å². The Morgan fingerprint density at radius 3 is 2.80 bits per heavy atom. The van der Waals surface area contributed by atoms with Gasteiger partial charge in [0.2, 0.25) is 5.82 Å². The van der Waals surface area contributed by atoms with E-state index in [4.69, 9.17) is 5.73 Å². The predicted octanol–water partition coefficient (Wildman–Crippen LogP) is 1.64. The van der Waals surface area contributed by atoms with Gasteiger partial charge in [0.05, 0.1) is 4.92 Å². The van der Waals surface area contributed by atoms with Crippen LogP contribution in [0, 0.1) is 16.0 Å². The minimum atomic E-state index is -0.477. The summed E-state index contributed by atoms with van der Waals surface area (Å²) in [5.41, 5.74) is 5.41. The van der Waals surface area contributed by atoms with Crippen molar-refractivity contribution in [3.63, 3.8) is 0 Å². The number of nitrogens with zero attached hydrogens (tertiary/aromatic N) is 2. The van der Waals surface area contributed by atoms with Crippen LogP contribution < -0.4 is 11.1 Å². The number of anilines is 2. The van der Waals surface area contributed by atoms with Gasteiger partial charge in [0, 0.05) is 12.6 Å². The molecule has 0 amide bonds. The van der Waals surface area contributed by atoms with Crippen LogP contribution in [0.1, 0.15) is 13.8 Å². The molecule has 0 fully saturated rings. The Balaban J connectivity index is 2.92. The van der Waals surface area contributed by atoms with E-state index in [0.29, 0.717) is 12.5 Å². The molecule has 1 rings (SSSR count). The molecule has 3 N–H and O–H groups in total. The van der Waals surface area contributed by atoms with Crippen LogP contribution in [0.2, 0.25) is 0 Å². The van der Waals surface area contributed by atoms with Gasteiger partial charge in [-0.1, -0.05) is 13.8 Å². The number of pyridine rings is 1. The maximum absolute atomic E-state index is 10.7. The highest BCUT2D eigenvalue weighted by Gasteiger charge is 2.15. The van der Waals surface area contributed by atoms with Crippen molar-refractivity contribution in [2.45, 2.75) is 13.8 Å². The molecule has 0 saturated heterocycles. The molecular formula is C9H14N4O2. The Morgan fingerprint density at radius 1 is 1.60 bits per heavy atom. The van der Waals surface area contributed by atoms with Crippen LogP contribution in [0.3, 0.4) is 0 Å². The lowest BCUT2D eigenvalue weighted by Crippen LogP contribution is -2.11. The molecule has 15 heavy (non-hydrogen) atoms. The number of hydrogen-bond acceptors (Lipinski definition) is 5. The lowest BCUT2D eigenvalue weighted by molar-refractivity contribution is -0.384. The molecule has 0 aliphatic rings. The lowest BCUT2D eigenvalue weighted by Gasteiger charge is -2.08. The number of nitro groups is 1. The van der Waals surface area contributed by atoms with Crippen LogP contribution in [-0.2, 0) is 0 Å². The zero-order valence-electron chi connectivity index (χ0n) is 8.73. The van der Waals surface area contributed by atoms with Gasteiger partial charge in [-0.15, -0.1) is 0 Å². The van der Waals surface area contributed by atoms with E-state index >= 15 is 0 Å². The fourth-order valence-corrected chi connectivity index (χ4v) is 1.05. The van der Waals surface area contributed by atoms with Crippen molar-refractivity contribution >= 4 is 17.3 Å². The second-order valence-electron chi connectivity index (χ2n) is 3.64. The standard InChI is InChI=1S/C9H14N4O2/c1-6(2)5-11-9-7(13(14)15)3-4-8(10)12-9/h3-4,6H,5H2,1-2H3,(H3,10,11,12). The minimum absolute atomic E-state index is 0.0511. The molecule has 0 aliphatic carbocycles. The number of hydrogen-bond donors (Lipinski definition) is 2. The van der Waals surface area contributed by atoms with Crippen LogP contribution in [-0.4, -0.2) is 16.5 Å². The Morgan fingerprint density at radius 2 is 2.27 bits per heavy atom. The number of rotatable bonds is 4. The molecule has 6 nitrogen and oxygen atoms in total. The first-order valence-corrected chi connectivity index (χ1v) is 4.65. The normalized spacial score (nSPS) is 10.3. The third kappa shape index (κ3) is 3.08. The van der Waals surface area contributed by atoms with Crippen molar-refractivity contribution in [3.8, 4) is 0 Å². The number of nitrogens with one attached hydrogen (secondary N) is 1. The van der Waals surface area contributed by atoms with E-state index in [9.17, 15) is 10.1 Å². The summed E-state index contributed by atoms with van der Waals surface area (Å²) in [5, 5.41) is 13.6. The molecule has 0 bridgehead atoms. The van der Waals surface area contributed by atoms with Crippen LogP contribution in [0.4, 0.5) is 17.3 Å². The summed E-state index contributed by atoms with van der Waals surface area (Å²) in [6, 6.07) is 2.77. The van der Waals surface area contributed by atoms with Crippen molar-refractivity contribution in [1.29, 1.82) is 0 Å². The van der Waals surface area contributed by atoms with E-state index in [2.05, 4.69) is 10.3 Å². The summed E-state index contributed by atoms with van der Waals surface area (Å²) in [7, 11) is 0. The molecule has 1 heterocycles. The average Bonchev–Trinajstić information content (AvgIpc) is 2.14. The van der Waals surface area contributed by atoms with Crippen LogP contribution >= 0.6 is 0 Å². The molecule has 6 heteroatoms. The SMILES string of the molecule is CC(C)CNc1nc(N)ccc1[N+](=O)[O-]. The highest BCUT2D eigenvalue weighted by molar-refractivity contribution is 5.59. The monoisotopic (exact) mass is 210 g/mol. The second kappa shape index (κ2) is 4.59. The highest BCUT2D eigenvalue weighted by atomic mass is 16.6. The quantitative estimate of drug-likeness (QED) is 0.582. The molecule has 0 aromatic carbocycles. The number of nitrogen functional groups attached to an aromatic ring is 1. The zero-order chi connectivity index (χ0) is 11.4. The summed E-state index contributed by atoms with van der Waals surface area (Å²) in [4.78, 5) is 14.1. The maximum Gasteiger partial charge on any atom is 0.311 e. The summed E-state index contributed by atoms with van der Waals surface area (Å²) < 4.78 is 0. The first kappa shape index (κ1) is 11.2. The predicted molar refractivity (Wildman–Crippen MR) is 58.6 cm³/mol. The molecule has 82 valence electrons. The first-order valence-electron chi connectivity index (χ1n) is 4.65. The third-order valence-corrected chi connectivity index (χ3v) is 1.77. The molecule has 0 atom stereocenters. The fourth-order valence-electron chi connectivity index (χ4n) is 1.05. The van der Waals surface area contributed by atoms with Gasteiger partial charge in [0.1, 0.15) is 5.82 Å². The van der Waals surface area contributed by atoms with Gasteiger partial charge in [-0.2, -0.15) is 0 Å². The third-order valence-electron chi connectivity index (χ3n) is 1.77. The van der Waals surface area contributed by atoms with Gasteiger partial charge in [0.15, 0.2) is 0 Å². The van der Waals surface area contributed by atoms with Crippen LogP contribution in [0.25, 0.3) is 0 Å². The second-order valence-corrected chi connectivity index (χ2v) is 3.64. The maximum atomic E-state index is 10.7. The van der Waals surface area contributed by atoms with E-state index in [1.54, 1.807) is 0 Å². The number of nitrogens with two attached hydrogens (primary N) is 1. The molecule has 1 aromatic heterocycles. The molecule has 1 aromatic rings. The van der Waals surface area contributed by atoms with Gasteiger partial charge in [0.25, 0.3) is 0 Å². The molecule has 0 aliphatic heterocycles. The number of aromatic nitrogens is 1. The Bertz CT molecular complexity index is 365. The summed E-state index contributed by atoms with van der Waals surface area (Å²) in [5.74, 6) is 0.883. The van der Waals surface area contributed by atoms with Gasteiger partial charge < -0.3 is 11.1 Å². The van der Waals surface area contributed by atoms with Crippen molar-refractivity contribution in [1.82, 2.24) is 4.98 Å². The summed E-state index contributed by atoms with van der Waals surface area (Å²) in [6.45, 7) is 4.63. The molecule has 0 saturated carbocycles. The van der Waals surface area contributed by atoms with Crippen LogP contribution in [0.15, 0.2) is 12.1 Å². The van der Waals surface area contributed by atoms with Gasteiger partial charge >= 0.3 is 5.69 Å². The molecule has 0 radical (unpaired) electrons. The Hall–Kier alpha value is -1.85. The Labute approximate surface area is 87.7 Å². The van der Waals surface area contributed by atoms with Crippen molar-refractivity contribution in [3.05, 3.63) is 22.2 Å². The Kier molecular flexibility index (Phi) is 3.43. The van der Waals surface area contributed by atoms with E-state index in [1.807, 2.05) is 13.8 Å². The van der Waals surface area contributed by atoms with Gasteiger partial charge in [-0.05, 0) is 12.0 Å². The van der Waals surface area contributed by atoms with E-state index in [-0.39, 0.29) is 17.3 Å². The fraction of sp³-hybridized carbons (Fsp3) is 0.444. The molecule has 0 unspecified atom stereocenters.